The number of hydrogen-bond donors (Lipinski definition) is 0. The van der Waals surface area contributed by atoms with E-state index in [1.54, 1.807) is 25.7 Å². The summed E-state index contributed by atoms with van der Waals surface area (Å²) in [5, 5.41) is 0. The Labute approximate surface area is 69.4 Å². The molecule has 3 rings (SSSR count). The van der Waals surface area contributed by atoms with Crippen molar-refractivity contribution < 1.29 is 0 Å². The van der Waals surface area contributed by atoms with Crippen molar-refractivity contribution in [3.63, 3.8) is 0 Å². The minimum absolute atomic E-state index is 0.980. The monoisotopic (exact) mass is 150 g/mol. The van der Waals surface area contributed by atoms with E-state index in [2.05, 4.69) is 6.92 Å². The van der Waals surface area contributed by atoms with Crippen LogP contribution in [0.3, 0.4) is 0 Å². The van der Waals surface area contributed by atoms with E-state index in [4.69, 9.17) is 0 Å². The summed E-state index contributed by atoms with van der Waals surface area (Å²) in [6, 6.07) is 0. The molecule has 3 saturated carbocycles. The van der Waals surface area contributed by atoms with Crippen LogP contribution in [-0.2, 0) is 0 Å². The van der Waals surface area contributed by atoms with Gasteiger partial charge in [-0.3, -0.25) is 0 Å². The molecule has 0 aromatic carbocycles. The maximum absolute atomic E-state index is 2.34. The van der Waals surface area contributed by atoms with Crippen LogP contribution in [-0.4, -0.2) is 0 Å². The lowest BCUT2D eigenvalue weighted by Crippen LogP contribution is -1.89. The van der Waals surface area contributed by atoms with Gasteiger partial charge in [0, 0.05) is 0 Å². The van der Waals surface area contributed by atoms with Crippen LogP contribution >= 0.6 is 0 Å². The summed E-state index contributed by atoms with van der Waals surface area (Å²) in [5.74, 6) is 3.63. The predicted molar refractivity (Wildman–Crippen MR) is 46.3 cm³/mol. The SMILES string of the molecule is CCCC1CC12C1CCC[C@@H]12. The third-order valence-electron chi connectivity index (χ3n) is 4.62. The Morgan fingerprint density at radius 2 is 2.00 bits per heavy atom. The second-order valence-electron chi connectivity index (χ2n) is 4.95. The second-order valence-corrected chi connectivity index (χ2v) is 4.95. The summed E-state index contributed by atoms with van der Waals surface area (Å²) in [5.41, 5.74) is 0.980. The molecular weight excluding hydrogens is 132 g/mol. The Kier molecular flexibility index (Phi) is 1.09. The lowest BCUT2D eigenvalue weighted by Gasteiger charge is -1.99. The highest BCUT2D eigenvalue weighted by Gasteiger charge is 2.77. The zero-order valence-corrected chi connectivity index (χ0v) is 7.47. The molecule has 3 fully saturated rings. The first-order valence-corrected chi connectivity index (χ1v) is 5.39. The van der Waals surface area contributed by atoms with Crippen molar-refractivity contribution in [3.05, 3.63) is 0 Å². The molecule has 0 aromatic rings. The molecular formula is C11H18. The van der Waals surface area contributed by atoms with Crippen LogP contribution in [0, 0.1) is 23.2 Å². The van der Waals surface area contributed by atoms with Crippen molar-refractivity contribution in [1.29, 1.82) is 0 Å². The highest BCUT2D eigenvalue weighted by Crippen LogP contribution is 2.83. The fourth-order valence-electron chi connectivity index (χ4n) is 4.12. The Balaban J connectivity index is 1.66. The van der Waals surface area contributed by atoms with Gasteiger partial charge < -0.3 is 0 Å². The zero-order valence-electron chi connectivity index (χ0n) is 7.47. The molecule has 0 saturated heterocycles. The van der Waals surface area contributed by atoms with Gasteiger partial charge in [-0.25, -0.2) is 0 Å². The van der Waals surface area contributed by atoms with Gasteiger partial charge in [-0.15, -0.1) is 0 Å². The Hall–Kier alpha value is 0. The van der Waals surface area contributed by atoms with Gasteiger partial charge in [-0.1, -0.05) is 26.2 Å². The van der Waals surface area contributed by atoms with Gasteiger partial charge in [0.25, 0.3) is 0 Å². The summed E-state index contributed by atoms with van der Waals surface area (Å²) in [7, 11) is 0. The van der Waals surface area contributed by atoms with Crippen LogP contribution in [0.1, 0.15) is 45.4 Å². The lowest BCUT2D eigenvalue weighted by molar-refractivity contribution is 0.512. The lowest BCUT2D eigenvalue weighted by atomic mass is 10.1. The highest BCUT2D eigenvalue weighted by atomic mass is 14.8. The minimum atomic E-state index is 0.980. The quantitative estimate of drug-likeness (QED) is 0.567. The normalized spacial score (nSPS) is 58.1. The number of hydrogen-bond acceptors (Lipinski definition) is 0. The molecule has 0 N–H and O–H groups in total. The van der Waals surface area contributed by atoms with E-state index in [1.165, 1.54) is 30.6 Å². The van der Waals surface area contributed by atoms with Gasteiger partial charge in [0.1, 0.15) is 0 Å². The predicted octanol–water partition coefficient (Wildman–Crippen LogP) is 3.22. The maximum atomic E-state index is 2.34. The third kappa shape index (κ3) is 0.625. The van der Waals surface area contributed by atoms with Crippen LogP contribution in [0.25, 0.3) is 0 Å². The molecule has 3 aliphatic rings. The van der Waals surface area contributed by atoms with E-state index in [-0.39, 0.29) is 0 Å². The summed E-state index contributed by atoms with van der Waals surface area (Å²) < 4.78 is 0. The van der Waals surface area contributed by atoms with Crippen molar-refractivity contribution in [2.45, 2.75) is 45.4 Å². The first-order valence-electron chi connectivity index (χ1n) is 5.39. The molecule has 0 heteroatoms. The first kappa shape index (κ1) is 6.51. The maximum Gasteiger partial charge on any atom is -0.0204 e. The molecule has 0 amide bonds. The largest absolute Gasteiger partial charge is 0.0654 e. The van der Waals surface area contributed by atoms with E-state index >= 15 is 0 Å². The third-order valence-corrected chi connectivity index (χ3v) is 4.62. The van der Waals surface area contributed by atoms with E-state index in [1.807, 2.05) is 0 Å². The van der Waals surface area contributed by atoms with E-state index in [9.17, 15) is 0 Å². The van der Waals surface area contributed by atoms with Crippen molar-refractivity contribution in [1.82, 2.24) is 0 Å². The van der Waals surface area contributed by atoms with Crippen molar-refractivity contribution in [3.8, 4) is 0 Å². The minimum Gasteiger partial charge on any atom is -0.0654 e. The van der Waals surface area contributed by atoms with Crippen molar-refractivity contribution in [2.75, 3.05) is 0 Å². The van der Waals surface area contributed by atoms with Gasteiger partial charge in [-0.2, -0.15) is 0 Å². The molecule has 62 valence electrons. The van der Waals surface area contributed by atoms with Gasteiger partial charge >= 0.3 is 0 Å². The summed E-state index contributed by atoms with van der Waals surface area (Å²) >= 11 is 0. The Bertz CT molecular complexity index is 172. The van der Waals surface area contributed by atoms with Crippen LogP contribution in [0.15, 0.2) is 0 Å². The van der Waals surface area contributed by atoms with Crippen LogP contribution < -0.4 is 0 Å². The molecule has 1 spiro atoms. The molecule has 0 heterocycles. The first-order chi connectivity index (χ1) is 5.39. The molecule has 0 aliphatic heterocycles. The topological polar surface area (TPSA) is 0 Å². The summed E-state index contributed by atoms with van der Waals surface area (Å²) in [6.07, 6.45) is 9.31. The van der Waals surface area contributed by atoms with E-state index < -0.39 is 0 Å². The summed E-state index contributed by atoms with van der Waals surface area (Å²) in [6.45, 7) is 2.34. The molecule has 3 unspecified atom stereocenters. The zero-order chi connectivity index (χ0) is 7.47. The molecule has 0 nitrogen and oxygen atoms in total. The second kappa shape index (κ2) is 1.84. The van der Waals surface area contributed by atoms with E-state index in [0.717, 1.165) is 5.41 Å². The molecule has 0 aromatic heterocycles. The average molecular weight is 150 g/mol. The molecule has 3 aliphatic carbocycles. The van der Waals surface area contributed by atoms with E-state index in [0.29, 0.717) is 0 Å². The fraction of sp³-hybridized carbons (Fsp3) is 1.00. The molecule has 11 heavy (non-hydrogen) atoms. The summed E-state index contributed by atoms with van der Waals surface area (Å²) in [4.78, 5) is 0. The smallest absolute Gasteiger partial charge is 0.0204 e. The molecule has 4 atom stereocenters. The Morgan fingerprint density at radius 1 is 1.27 bits per heavy atom. The fourth-order valence-corrected chi connectivity index (χ4v) is 4.12. The standard InChI is InChI=1S/C11H18/c1-2-4-8-7-11(8)9-5-3-6-10(9)11/h8-10H,2-7H2,1H3/t8?,9-,10?,11?/m0/s1. The highest BCUT2D eigenvalue weighted by molar-refractivity contribution is 5.25. The molecule has 0 radical (unpaired) electrons. The van der Waals surface area contributed by atoms with Gasteiger partial charge in [-0.05, 0) is 42.4 Å². The average Bonchev–Trinajstić information content (AvgIpc) is 2.78. The van der Waals surface area contributed by atoms with Crippen molar-refractivity contribution >= 4 is 0 Å². The Morgan fingerprint density at radius 3 is 2.64 bits per heavy atom. The van der Waals surface area contributed by atoms with Crippen molar-refractivity contribution in [2.24, 2.45) is 23.2 Å². The van der Waals surface area contributed by atoms with Crippen LogP contribution in [0.2, 0.25) is 0 Å². The number of fused-ring (bicyclic) bond motifs is 3. The molecule has 0 bridgehead atoms. The van der Waals surface area contributed by atoms with Crippen LogP contribution in [0.4, 0.5) is 0 Å². The van der Waals surface area contributed by atoms with Gasteiger partial charge in [0.15, 0.2) is 0 Å². The van der Waals surface area contributed by atoms with Gasteiger partial charge in [0.05, 0.1) is 0 Å². The van der Waals surface area contributed by atoms with Crippen LogP contribution in [0.5, 0.6) is 0 Å². The van der Waals surface area contributed by atoms with Gasteiger partial charge in [0.2, 0.25) is 0 Å². The number of rotatable bonds is 2.